The molecular weight excluding hydrogens is 604 g/mol. The summed E-state index contributed by atoms with van der Waals surface area (Å²) in [6.45, 7) is 14.9. The van der Waals surface area contributed by atoms with Gasteiger partial charge in [0.25, 0.3) is 10.2 Å². The molecule has 235 valence electrons. The van der Waals surface area contributed by atoms with Crippen molar-refractivity contribution in [3.05, 3.63) is 56.7 Å². The number of aromatic nitrogens is 4. The van der Waals surface area contributed by atoms with Gasteiger partial charge in [0.15, 0.2) is 33.5 Å². The van der Waals surface area contributed by atoms with Crippen LogP contribution in [0.2, 0.25) is 0 Å². The quantitative estimate of drug-likeness (QED) is 0.0746. The second-order valence-electron chi connectivity index (χ2n) is 10.5. The molecule has 0 saturated heterocycles. The molecule has 0 aromatic carbocycles. The fourth-order valence-corrected chi connectivity index (χ4v) is 3.49. The Morgan fingerprint density at radius 3 is 1.12 bits per heavy atom. The van der Waals surface area contributed by atoms with Gasteiger partial charge in [-0.2, -0.15) is 0 Å². The zero-order valence-electron chi connectivity index (χ0n) is 23.5. The van der Waals surface area contributed by atoms with Crippen molar-refractivity contribution in [2.45, 2.75) is 77.5 Å². The average Bonchev–Trinajstić information content (AvgIpc) is 3.56. The summed E-state index contributed by atoms with van der Waals surface area (Å²) in [4.78, 5) is 30.2. The third kappa shape index (κ3) is 7.12. The molecule has 0 atom stereocenters. The summed E-state index contributed by atoms with van der Waals surface area (Å²) in [5, 5.41) is 70.0. The van der Waals surface area contributed by atoms with E-state index in [1.54, 1.807) is 12.4 Å². The first-order valence-electron chi connectivity index (χ1n) is 11.4. The third-order valence-corrected chi connectivity index (χ3v) is 7.39. The molecule has 4 heterocycles. The number of hydrogen-bond donors (Lipinski definition) is 8. The normalized spacial score (nSPS) is 19.1. The number of nitrogens with one attached hydrogen (secondary N) is 2. The Labute approximate surface area is 244 Å². The molecule has 0 unspecified atom stereocenters. The average molecular weight is 640 g/mol. The van der Waals surface area contributed by atoms with E-state index < -0.39 is 32.3 Å². The molecule has 8 N–H and O–H groups in total. The second-order valence-corrected chi connectivity index (χ2v) is 10.5. The minimum atomic E-state index is -1.50. The molecule has 0 fully saturated rings. The maximum atomic E-state index is 10.1. The molecule has 0 spiro atoms. The molecule has 2 aromatic heterocycles. The van der Waals surface area contributed by atoms with E-state index in [1.165, 1.54) is 12.7 Å². The number of hydroxylamine groups is 6. The van der Waals surface area contributed by atoms with Crippen LogP contribution < -0.4 is 0 Å². The number of amidine groups is 2. The van der Waals surface area contributed by atoms with E-state index in [2.05, 4.69) is 19.9 Å². The molecule has 0 saturated carbocycles. The van der Waals surface area contributed by atoms with Crippen molar-refractivity contribution in [2.24, 2.45) is 0 Å². The maximum absolute atomic E-state index is 10.1. The molecule has 2 aromatic rings. The largest absolute Gasteiger partial charge is 0.367 e. The van der Waals surface area contributed by atoms with Crippen LogP contribution in [0.1, 0.15) is 66.8 Å². The molecule has 0 aliphatic carbocycles. The van der Waals surface area contributed by atoms with Gasteiger partial charge in [-0.25, -0.2) is 20.4 Å². The van der Waals surface area contributed by atoms with Crippen molar-refractivity contribution in [3.63, 3.8) is 0 Å². The molecule has 2 aliphatic rings. The van der Waals surface area contributed by atoms with Crippen molar-refractivity contribution in [1.82, 2.24) is 30.1 Å². The van der Waals surface area contributed by atoms with Crippen molar-refractivity contribution >= 4 is 11.7 Å². The molecule has 4 rings (SSSR count). The van der Waals surface area contributed by atoms with Gasteiger partial charge in [0.1, 0.15) is 0 Å². The number of aromatic amines is 2. The van der Waals surface area contributed by atoms with Crippen LogP contribution in [0.3, 0.4) is 0 Å². The summed E-state index contributed by atoms with van der Waals surface area (Å²) in [6, 6.07) is 0. The Bertz CT molecular complexity index is 1140. The standard InChI is InChI=1S/2C10H16N4O2.Cu.2HNO3/c2*1-9(2)10(3,4)14(16)8(13(9)15)7-5-11-6-12-7;;2*2-1(3)4/h2*5-6,15-16H,1-4H3;;2*(H,2,3,4)/p+2. The van der Waals surface area contributed by atoms with Gasteiger partial charge in [-0.3, -0.25) is 0 Å². The van der Waals surface area contributed by atoms with Gasteiger partial charge in [0.2, 0.25) is 0 Å². The van der Waals surface area contributed by atoms with Gasteiger partial charge in [-0.15, -0.1) is 30.4 Å². The SMILES string of the molecule is CC1(C)N(O)C(c2cnc[nH]2)=[N+](O)C1(C)C.CC1(C)N(O)C(c2cnc[nH]2)=[N+](O)C1(C)C.O=[N+]([O-])O.O=[N+]([O-])O.[Cu]. The van der Waals surface area contributed by atoms with Crippen molar-refractivity contribution < 1.29 is 68.0 Å². The van der Waals surface area contributed by atoms with E-state index in [-0.39, 0.29) is 17.1 Å². The molecule has 0 bridgehead atoms. The van der Waals surface area contributed by atoms with Gasteiger partial charge in [-0.1, -0.05) is 9.48 Å². The Morgan fingerprint density at radius 2 is 0.976 bits per heavy atom. The number of rotatable bonds is 2. The van der Waals surface area contributed by atoms with Gasteiger partial charge >= 0.3 is 11.7 Å². The van der Waals surface area contributed by atoms with Crippen molar-refractivity contribution in [3.8, 4) is 0 Å². The monoisotopic (exact) mass is 639 g/mol. The molecule has 41 heavy (non-hydrogen) atoms. The first kappa shape index (κ1) is 36.8. The van der Waals surface area contributed by atoms with Crippen LogP contribution >= 0.6 is 0 Å². The fraction of sp³-hybridized carbons (Fsp3) is 0.600. The number of H-pyrrole nitrogens is 2. The predicted octanol–water partition coefficient (Wildman–Crippen LogP) is 0.942. The summed E-state index contributed by atoms with van der Waals surface area (Å²) in [5.41, 5.74) is -1.29. The van der Waals surface area contributed by atoms with Crippen LogP contribution in [0.4, 0.5) is 0 Å². The zero-order valence-corrected chi connectivity index (χ0v) is 24.4. The smallest absolute Gasteiger partial charge is 0.354 e. The van der Waals surface area contributed by atoms with Crippen LogP contribution in [0.15, 0.2) is 25.0 Å². The summed E-state index contributed by atoms with van der Waals surface area (Å²) >= 11 is 0. The summed E-state index contributed by atoms with van der Waals surface area (Å²) in [6.07, 6.45) is 6.11. The summed E-state index contributed by atoms with van der Waals surface area (Å²) in [7, 11) is 0. The summed E-state index contributed by atoms with van der Waals surface area (Å²) in [5.74, 6) is 0.625. The Morgan fingerprint density at radius 1 is 0.732 bits per heavy atom. The number of hydrogen-bond acceptors (Lipinski definition) is 12. The third-order valence-electron chi connectivity index (χ3n) is 7.39. The number of imidazole rings is 2. The van der Waals surface area contributed by atoms with E-state index in [0.29, 0.717) is 23.1 Å². The molecule has 20 nitrogen and oxygen atoms in total. The molecule has 0 amide bonds. The number of nitrogens with zero attached hydrogens (tertiary/aromatic N) is 8. The van der Waals surface area contributed by atoms with Gasteiger partial charge in [0, 0.05) is 17.1 Å². The van der Waals surface area contributed by atoms with Gasteiger partial charge < -0.3 is 30.8 Å². The topological polar surface area (TPSA) is 278 Å². The van der Waals surface area contributed by atoms with E-state index >= 15 is 0 Å². The first-order valence-corrected chi connectivity index (χ1v) is 11.4. The van der Waals surface area contributed by atoms with E-state index in [0.717, 1.165) is 19.6 Å². The first-order chi connectivity index (χ1) is 18.1. The fourth-order valence-electron chi connectivity index (χ4n) is 3.49. The Balaban J connectivity index is 0.000000609. The van der Waals surface area contributed by atoms with Crippen LogP contribution in [0.5, 0.6) is 0 Å². The molecular formula is C20H36CuN10O10+2. The van der Waals surface area contributed by atoms with Gasteiger partial charge in [-0.05, 0) is 55.4 Å². The van der Waals surface area contributed by atoms with Crippen molar-refractivity contribution in [2.75, 3.05) is 0 Å². The van der Waals surface area contributed by atoms with Crippen LogP contribution in [0, 0.1) is 20.2 Å². The van der Waals surface area contributed by atoms with Crippen LogP contribution in [0.25, 0.3) is 0 Å². The van der Waals surface area contributed by atoms with Crippen LogP contribution in [-0.2, 0) is 17.1 Å². The van der Waals surface area contributed by atoms with Crippen molar-refractivity contribution in [1.29, 1.82) is 0 Å². The summed E-state index contributed by atoms with van der Waals surface area (Å²) < 4.78 is 2.14. The minimum Gasteiger partial charge on any atom is -0.354 e. The van der Waals surface area contributed by atoms with E-state index in [4.69, 9.17) is 30.6 Å². The predicted molar refractivity (Wildman–Crippen MR) is 131 cm³/mol. The second kappa shape index (κ2) is 13.0. The van der Waals surface area contributed by atoms with E-state index in [9.17, 15) is 20.8 Å². The molecule has 1 radical (unpaired) electrons. The molecule has 2 aliphatic heterocycles. The maximum Gasteiger partial charge on any atom is 0.367 e. The molecule has 21 heteroatoms. The van der Waals surface area contributed by atoms with E-state index in [1.807, 2.05) is 55.4 Å². The zero-order chi connectivity index (χ0) is 31.4. The Kier molecular flexibility index (Phi) is 11.6. The minimum absolute atomic E-state index is 0. The van der Waals surface area contributed by atoms with Crippen LogP contribution in [-0.4, -0.2) is 115 Å². The van der Waals surface area contributed by atoms with Gasteiger partial charge in [0.05, 0.1) is 25.0 Å². The Hall–Kier alpha value is -4.20.